The van der Waals surface area contributed by atoms with Gasteiger partial charge in [-0.1, -0.05) is 23.2 Å². The topological polar surface area (TPSA) is 47.6 Å². The molecule has 1 N–H and O–H groups in total. The predicted octanol–water partition coefficient (Wildman–Crippen LogP) is 5.52. The molecule has 4 nitrogen and oxygen atoms in total. The van der Waals surface area contributed by atoms with Crippen LogP contribution in [0.15, 0.2) is 30.3 Å². The summed E-state index contributed by atoms with van der Waals surface area (Å²) in [6, 6.07) is 6.00. The fourth-order valence-electron chi connectivity index (χ4n) is 2.18. The molecule has 1 atom stereocenters. The van der Waals surface area contributed by atoms with Gasteiger partial charge in [-0.15, -0.1) is 0 Å². The van der Waals surface area contributed by atoms with E-state index in [9.17, 15) is 18.0 Å². The van der Waals surface area contributed by atoms with Crippen LogP contribution in [0.2, 0.25) is 10.0 Å². The third-order valence-corrected chi connectivity index (χ3v) is 3.99. The summed E-state index contributed by atoms with van der Waals surface area (Å²) in [7, 11) is 0. The zero-order valence-corrected chi connectivity index (χ0v) is 14.1. The van der Waals surface area contributed by atoms with Crippen LogP contribution in [0.3, 0.4) is 0 Å². The molecule has 0 bridgehead atoms. The molecule has 0 saturated carbocycles. The van der Waals surface area contributed by atoms with Gasteiger partial charge in [0.05, 0.1) is 21.3 Å². The van der Waals surface area contributed by atoms with Crippen molar-refractivity contribution >= 4 is 34.8 Å². The molecule has 1 amide bonds. The summed E-state index contributed by atoms with van der Waals surface area (Å²) in [4.78, 5) is 11.5. The third-order valence-electron chi connectivity index (χ3n) is 3.43. The van der Waals surface area contributed by atoms with Crippen molar-refractivity contribution < 1.29 is 27.4 Å². The van der Waals surface area contributed by atoms with Gasteiger partial charge in [-0.05, 0) is 31.2 Å². The molecule has 132 valence electrons. The number of hydrogen-bond donors (Lipinski definition) is 1. The molecule has 0 fully saturated rings. The van der Waals surface area contributed by atoms with E-state index in [2.05, 4.69) is 5.32 Å². The Labute approximate surface area is 150 Å². The Morgan fingerprint density at radius 3 is 2.40 bits per heavy atom. The zero-order chi connectivity index (χ0) is 18.4. The van der Waals surface area contributed by atoms with Gasteiger partial charge >= 0.3 is 6.18 Å². The van der Waals surface area contributed by atoms with Crippen LogP contribution in [0.1, 0.15) is 12.5 Å². The Balaban J connectivity index is 1.91. The Morgan fingerprint density at radius 2 is 1.80 bits per heavy atom. The van der Waals surface area contributed by atoms with Gasteiger partial charge in [0.15, 0.2) is 11.9 Å². The van der Waals surface area contributed by atoms with Crippen LogP contribution in [0.25, 0.3) is 0 Å². The monoisotopic (exact) mass is 391 g/mol. The first kappa shape index (κ1) is 17.7. The van der Waals surface area contributed by atoms with E-state index in [1.165, 1.54) is 12.1 Å². The van der Waals surface area contributed by atoms with Crippen LogP contribution in [0.5, 0.6) is 17.2 Å². The highest BCUT2D eigenvalue weighted by Gasteiger charge is 2.32. The number of carbonyl (C=O) groups excluding carboxylic acids is 1. The van der Waals surface area contributed by atoms with Gasteiger partial charge in [0, 0.05) is 6.07 Å². The first-order chi connectivity index (χ1) is 11.6. The highest BCUT2D eigenvalue weighted by atomic mass is 35.5. The average Bonchev–Trinajstić information content (AvgIpc) is 2.51. The minimum absolute atomic E-state index is 0.107. The lowest BCUT2D eigenvalue weighted by Crippen LogP contribution is -2.34. The van der Waals surface area contributed by atoms with Gasteiger partial charge in [0.2, 0.25) is 0 Å². The van der Waals surface area contributed by atoms with Crippen LogP contribution in [-0.4, -0.2) is 12.0 Å². The zero-order valence-electron chi connectivity index (χ0n) is 12.6. The van der Waals surface area contributed by atoms with E-state index in [1.807, 2.05) is 0 Å². The maximum atomic E-state index is 12.8. The predicted molar refractivity (Wildman–Crippen MR) is 86.7 cm³/mol. The summed E-state index contributed by atoms with van der Waals surface area (Å²) in [6.07, 6.45) is -5.25. The van der Waals surface area contributed by atoms with Gasteiger partial charge in [0.25, 0.3) is 5.91 Å². The normalized spacial score (nSPS) is 16.7. The van der Waals surface area contributed by atoms with Crippen LogP contribution in [-0.2, 0) is 11.0 Å². The second kappa shape index (κ2) is 6.31. The minimum atomic E-state index is -4.57. The second-order valence-corrected chi connectivity index (χ2v) is 6.09. The van der Waals surface area contributed by atoms with E-state index in [4.69, 9.17) is 32.7 Å². The molecule has 1 heterocycles. The van der Waals surface area contributed by atoms with Crippen molar-refractivity contribution in [2.45, 2.75) is 19.2 Å². The molecule has 25 heavy (non-hydrogen) atoms. The summed E-state index contributed by atoms with van der Waals surface area (Å²) < 4.78 is 49.2. The van der Waals surface area contributed by atoms with E-state index in [0.29, 0.717) is 11.4 Å². The Hall–Kier alpha value is -2.12. The average molecular weight is 392 g/mol. The molecular weight excluding hydrogens is 382 g/mol. The summed E-state index contributed by atoms with van der Waals surface area (Å²) >= 11 is 11.8. The van der Waals surface area contributed by atoms with Crippen molar-refractivity contribution in [3.63, 3.8) is 0 Å². The largest absolute Gasteiger partial charge is 0.479 e. The number of benzene rings is 2. The van der Waals surface area contributed by atoms with Crippen LogP contribution < -0.4 is 14.8 Å². The molecule has 9 heteroatoms. The van der Waals surface area contributed by atoms with E-state index < -0.39 is 17.8 Å². The molecular formula is C16H10Cl2F3NO3. The molecule has 0 radical (unpaired) electrons. The van der Waals surface area contributed by atoms with Crippen molar-refractivity contribution in [1.29, 1.82) is 0 Å². The molecule has 2 aromatic rings. The van der Waals surface area contributed by atoms with E-state index in [0.717, 1.165) is 12.1 Å². The molecule has 0 aliphatic carbocycles. The number of nitrogens with one attached hydrogen (secondary N) is 1. The fourth-order valence-corrected chi connectivity index (χ4v) is 2.75. The highest BCUT2D eigenvalue weighted by Crippen LogP contribution is 2.43. The van der Waals surface area contributed by atoms with E-state index >= 15 is 0 Å². The maximum Gasteiger partial charge on any atom is 0.416 e. The lowest BCUT2D eigenvalue weighted by Gasteiger charge is -2.23. The van der Waals surface area contributed by atoms with E-state index in [-0.39, 0.29) is 27.5 Å². The smallest absolute Gasteiger partial charge is 0.416 e. The Bertz CT molecular complexity index is 832. The third kappa shape index (κ3) is 3.62. The van der Waals surface area contributed by atoms with Crippen LogP contribution >= 0.6 is 23.2 Å². The standard InChI is InChI=1S/C16H10Cl2F3NO3/c1-7-15(23)22-12-3-2-9(6-13(12)24-7)25-14-10(17)4-8(5-11(14)18)16(19,20)21/h2-7H,1H3,(H,22,23). The molecule has 2 aromatic carbocycles. The van der Waals surface area contributed by atoms with Gasteiger partial charge in [0.1, 0.15) is 11.5 Å². The SMILES string of the molecule is CC1Oc2cc(Oc3c(Cl)cc(C(F)(F)F)cc3Cl)ccc2NC1=O. The number of alkyl halides is 3. The van der Waals surface area contributed by atoms with Gasteiger partial charge < -0.3 is 14.8 Å². The Morgan fingerprint density at radius 1 is 1.16 bits per heavy atom. The molecule has 0 aromatic heterocycles. The molecule has 1 aliphatic heterocycles. The van der Waals surface area contributed by atoms with Gasteiger partial charge in [-0.3, -0.25) is 4.79 Å². The summed E-state index contributed by atoms with van der Waals surface area (Å²) in [6.45, 7) is 1.58. The number of anilines is 1. The molecule has 0 saturated heterocycles. The summed E-state index contributed by atoms with van der Waals surface area (Å²) in [5.74, 6) is 0.216. The number of rotatable bonds is 2. The lowest BCUT2D eigenvalue weighted by molar-refractivity contribution is -0.137. The Kier molecular flexibility index (Phi) is 4.47. The minimum Gasteiger partial charge on any atom is -0.479 e. The summed E-state index contributed by atoms with van der Waals surface area (Å²) in [5, 5.41) is 2.10. The first-order valence-electron chi connectivity index (χ1n) is 7.01. The number of hydrogen-bond acceptors (Lipinski definition) is 3. The number of ether oxygens (including phenoxy) is 2. The van der Waals surface area contributed by atoms with Crippen LogP contribution in [0.4, 0.5) is 18.9 Å². The number of halogens is 5. The van der Waals surface area contributed by atoms with Crippen molar-refractivity contribution in [3.05, 3.63) is 45.9 Å². The quantitative estimate of drug-likeness (QED) is 0.732. The highest BCUT2D eigenvalue weighted by molar-refractivity contribution is 6.37. The molecule has 1 aliphatic rings. The van der Waals surface area contributed by atoms with Gasteiger partial charge in [-0.2, -0.15) is 13.2 Å². The number of fused-ring (bicyclic) bond motifs is 1. The van der Waals surface area contributed by atoms with Crippen molar-refractivity contribution in [2.24, 2.45) is 0 Å². The maximum absolute atomic E-state index is 12.8. The number of amides is 1. The lowest BCUT2D eigenvalue weighted by atomic mass is 10.2. The van der Waals surface area contributed by atoms with Gasteiger partial charge in [-0.25, -0.2) is 0 Å². The molecule has 0 spiro atoms. The number of carbonyl (C=O) groups is 1. The van der Waals surface area contributed by atoms with Crippen molar-refractivity contribution in [3.8, 4) is 17.2 Å². The molecule has 3 rings (SSSR count). The van der Waals surface area contributed by atoms with Crippen molar-refractivity contribution in [1.82, 2.24) is 0 Å². The van der Waals surface area contributed by atoms with Crippen molar-refractivity contribution in [2.75, 3.05) is 5.32 Å². The first-order valence-corrected chi connectivity index (χ1v) is 7.76. The fraction of sp³-hybridized carbons (Fsp3) is 0.188. The second-order valence-electron chi connectivity index (χ2n) is 5.28. The van der Waals surface area contributed by atoms with E-state index in [1.54, 1.807) is 13.0 Å². The van der Waals surface area contributed by atoms with Crippen LogP contribution in [0, 0.1) is 0 Å². The summed E-state index contributed by atoms with van der Waals surface area (Å²) in [5.41, 5.74) is -0.514. The molecule has 1 unspecified atom stereocenters.